The average molecular weight is 398 g/mol. The lowest BCUT2D eigenvalue weighted by molar-refractivity contribution is 0.0943. The van der Waals surface area contributed by atoms with Gasteiger partial charge in [-0.2, -0.15) is 5.26 Å². The molecule has 30 heavy (non-hydrogen) atoms. The van der Waals surface area contributed by atoms with Crippen molar-refractivity contribution in [1.29, 1.82) is 5.26 Å². The molecule has 150 valence electrons. The van der Waals surface area contributed by atoms with Gasteiger partial charge in [-0.15, -0.1) is 0 Å². The molecule has 1 aromatic heterocycles. The maximum atomic E-state index is 12.8. The molecule has 2 aromatic carbocycles. The molecule has 1 unspecified atom stereocenters. The first-order valence-corrected chi connectivity index (χ1v) is 10.4. The molecule has 0 saturated carbocycles. The molecule has 0 saturated heterocycles. The van der Waals surface area contributed by atoms with Gasteiger partial charge >= 0.3 is 0 Å². The predicted molar refractivity (Wildman–Crippen MR) is 112 cm³/mol. The van der Waals surface area contributed by atoms with Crippen molar-refractivity contribution in [1.82, 2.24) is 14.9 Å². The van der Waals surface area contributed by atoms with E-state index in [1.54, 1.807) is 12.3 Å². The molecule has 1 atom stereocenters. The number of aromatic nitrogens is 2. The minimum absolute atomic E-state index is 0.00224. The summed E-state index contributed by atoms with van der Waals surface area (Å²) in [7, 11) is 0. The van der Waals surface area contributed by atoms with Crippen LogP contribution in [0.15, 0.2) is 48.7 Å². The lowest BCUT2D eigenvalue weighted by Crippen LogP contribution is -2.27. The zero-order valence-corrected chi connectivity index (χ0v) is 16.6. The number of nitrogens with zero attached hydrogens (tertiary/aromatic N) is 3. The molecule has 0 aliphatic carbocycles. The molecule has 0 spiro atoms. The molecule has 0 fully saturated rings. The van der Waals surface area contributed by atoms with E-state index in [0.717, 1.165) is 49.2 Å². The van der Waals surface area contributed by atoms with Crippen LogP contribution in [0.5, 0.6) is 11.5 Å². The number of amides is 1. The smallest absolute Gasteiger partial charge is 0.269 e. The molecule has 4 bridgehead atoms. The first-order valence-electron chi connectivity index (χ1n) is 10.4. The predicted octanol–water partition coefficient (Wildman–Crippen LogP) is 4.15. The first kappa shape index (κ1) is 18.4. The minimum Gasteiger partial charge on any atom is -0.456 e. The molecule has 1 amide bonds. The second kappa shape index (κ2) is 7.68. The third-order valence-electron chi connectivity index (χ3n) is 5.87. The van der Waals surface area contributed by atoms with Gasteiger partial charge in [-0.25, -0.2) is 4.98 Å². The summed E-state index contributed by atoms with van der Waals surface area (Å²) in [6.45, 7) is 0.640. The summed E-state index contributed by atoms with van der Waals surface area (Å²) in [6, 6.07) is 15.9. The molecule has 3 aromatic rings. The number of ether oxygens (including phenoxy) is 1. The van der Waals surface area contributed by atoms with E-state index in [2.05, 4.69) is 22.4 Å². The van der Waals surface area contributed by atoms with Crippen LogP contribution in [0.1, 0.15) is 58.3 Å². The largest absolute Gasteiger partial charge is 0.456 e. The van der Waals surface area contributed by atoms with Crippen LogP contribution in [0.2, 0.25) is 0 Å². The number of benzene rings is 2. The summed E-state index contributed by atoms with van der Waals surface area (Å²) >= 11 is 0. The highest BCUT2D eigenvalue weighted by atomic mass is 16.5. The summed E-state index contributed by atoms with van der Waals surface area (Å²) < 4.78 is 8.19. The average Bonchev–Trinajstić information content (AvgIpc) is 3.35. The molecule has 1 N–H and O–H groups in total. The van der Waals surface area contributed by atoms with E-state index in [1.165, 1.54) is 5.56 Å². The Bertz CT molecular complexity index is 1160. The summed E-state index contributed by atoms with van der Waals surface area (Å²) in [6.07, 6.45) is 6.13. The second-order valence-corrected chi connectivity index (χ2v) is 7.81. The third kappa shape index (κ3) is 3.33. The Morgan fingerprint density at radius 1 is 1.17 bits per heavy atom. The molecule has 6 heteroatoms. The number of nitrogens with one attached hydrogen (secondary N) is 1. The Morgan fingerprint density at radius 3 is 3.00 bits per heavy atom. The van der Waals surface area contributed by atoms with E-state index in [1.807, 2.05) is 34.9 Å². The molecule has 5 rings (SSSR count). The molecule has 3 heterocycles. The van der Waals surface area contributed by atoms with Crippen molar-refractivity contribution >= 4 is 5.91 Å². The van der Waals surface area contributed by atoms with Crippen molar-refractivity contribution in [3.05, 3.63) is 76.9 Å². The molecule has 2 aliphatic rings. The Morgan fingerprint density at radius 2 is 2.10 bits per heavy atom. The van der Waals surface area contributed by atoms with Crippen LogP contribution >= 0.6 is 0 Å². The summed E-state index contributed by atoms with van der Waals surface area (Å²) in [5.41, 5.74) is 3.28. The van der Waals surface area contributed by atoms with Gasteiger partial charge in [0.25, 0.3) is 5.91 Å². The lowest BCUT2D eigenvalue weighted by atomic mass is 10.0. The zero-order chi connectivity index (χ0) is 20.5. The van der Waals surface area contributed by atoms with E-state index < -0.39 is 0 Å². The molecule has 2 aliphatic heterocycles. The second-order valence-electron chi connectivity index (χ2n) is 7.81. The number of carbonyl (C=O) groups is 1. The van der Waals surface area contributed by atoms with Crippen molar-refractivity contribution in [3.8, 4) is 17.6 Å². The highest BCUT2D eigenvalue weighted by molar-refractivity contribution is 5.92. The van der Waals surface area contributed by atoms with Gasteiger partial charge in [0.05, 0.1) is 17.8 Å². The third-order valence-corrected chi connectivity index (χ3v) is 5.87. The van der Waals surface area contributed by atoms with E-state index in [9.17, 15) is 10.1 Å². The maximum Gasteiger partial charge on any atom is 0.269 e. The fourth-order valence-electron chi connectivity index (χ4n) is 4.37. The standard InChI is InChI=1S/C24H22N4O2/c25-14-18-8-7-17-13-22(18)30-19-6-3-5-16(12-19)4-1-2-11-26-24(29)21-15-27-23-10-9-20(17)28(21)23/h3,5-8,12-13,15,20H,1-2,4,9-11H2,(H,26,29). The van der Waals surface area contributed by atoms with Crippen molar-refractivity contribution in [2.45, 2.75) is 38.1 Å². The fourth-order valence-corrected chi connectivity index (χ4v) is 4.37. The van der Waals surface area contributed by atoms with Gasteiger partial charge in [-0.05, 0) is 61.1 Å². The van der Waals surface area contributed by atoms with E-state index >= 15 is 0 Å². The van der Waals surface area contributed by atoms with Crippen LogP contribution in [0.4, 0.5) is 0 Å². The van der Waals surface area contributed by atoms with Crippen LogP contribution in [-0.2, 0) is 12.8 Å². The van der Waals surface area contributed by atoms with Gasteiger partial charge < -0.3 is 14.6 Å². The van der Waals surface area contributed by atoms with Gasteiger partial charge in [0.15, 0.2) is 0 Å². The van der Waals surface area contributed by atoms with Gasteiger partial charge in [-0.1, -0.05) is 18.2 Å². The first-order chi connectivity index (χ1) is 14.7. The Balaban J connectivity index is 1.60. The fraction of sp³-hybridized carbons (Fsp3) is 0.292. The van der Waals surface area contributed by atoms with Crippen LogP contribution < -0.4 is 10.1 Å². The van der Waals surface area contributed by atoms with Gasteiger partial charge in [0.2, 0.25) is 0 Å². The topological polar surface area (TPSA) is 79.9 Å². The van der Waals surface area contributed by atoms with Crippen molar-refractivity contribution in [3.63, 3.8) is 0 Å². The van der Waals surface area contributed by atoms with Crippen LogP contribution in [0.3, 0.4) is 0 Å². The number of nitriles is 1. The number of hydrogen-bond acceptors (Lipinski definition) is 4. The van der Waals surface area contributed by atoms with Gasteiger partial charge in [0.1, 0.15) is 29.1 Å². The maximum absolute atomic E-state index is 12.8. The van der Waals surface area contributed by atoms with Gasteiger partial charge in [-0.3, -0.25) is 4.79 Å². The Kier molecular flexibility index (Phi) is 4.72. The Labute approximate surface area is 175 Å². The van der Waals surface area contributed by atoms with Crippen LogP contribution in [-0.4, -0.2) is 22.0 Å². The minimum atomic E-state index is -0.0835. The number of aryl methyl sites for hydroxylation is 2. The van der Waals surface area contributed by atoms with Crippen LogP contribution in [0.25, 0.3) is 0 Å². The van der Waals surface area contributed by atoms with Crippen molar-refractivity contribution in [2.75, 3.05) is 6.54 Å². The van der Waals surface area contributed by atoms with Gasteiger partial charge in [0, 0.05) is 13.0 Å². The number of rotatable bonds is 0. The summed E-state index contributed by atoms with van der Waals surface area (Å²) in [5.74, 6) is 2.11. The number of carbonyl (C=O) groups excluding carboxylic acids is 1. The van der Waals surface area contributed by atoms with Crippen molar-refractivity contribution < 1.29 is 9.53 Å². The molecular formula is C24H22N4O2. The number of fused-ring (bicyclic) bond motifs is 5. The van der Waals surface area contributed by atoms with E-state index in [-0.39, 0.29) is 11.9 Å². The number of hydrogen-bond donors (Lipinski definition) is 1. The lowest BCUT2D eigenvalue weighted by Gasteiger charge is -2.19. The van der Waals surface area contributed by atoms with Crippen molar-refractivity contribution in [2.24, 2.45) is 0 Å². The SMILES string of the molecule is N#Cc1ccc2cc1Oc1cccc(c1)CCCCNC(=O)c1cnc3n1C2CC3. The van der Waals surface area contributed by atoms with E-state index in [0.29, 0.717) is 23.6 Å². The van der Waals surface area contributed by atoms with E-state index in [4.69, 9.17) is 4.74 Å². The highest BCUT2D eigenvalue weighted by Gasteiger charge is 2.30. The Hall–Kier alpha value is -3.59. The molecular weight excluding hydrogens is 376 g/mol. The highest BCUT2D eigenvalue weighted by Crippen LogP contribution is 2.36. The quantitative estimate of drug-likeness (QED) is 0.617. The monoisotopic (exact) mass is 398 g/mol. The summed E-state index contributed by atoms with van der Waals surface area (Å²) in [5, 5.41) is 12.6. The van der Waals surface area contributed by atoms with Crippen LogP contribution in [0, 0.1) is 11.3 Å². The molecule has 6 nitrogen and oxygen atoms in total. The number of imidazole rings is 1. The summed E-state index contributed by atoms with van der Waals surface area (Å²) in [4.78, 5) is 17.3. The normalized spacial score (nSPS) is 18.1. The zero-order valence-electron chi connectivity index (χ0n) is 16.6. The molecule has 0 radical (unpaired) electrons.